The molecule has 0 unspecified atom stereocenters. The fraction of sp³-hybridized carbons (Fsp3) is 0.316. The molecule has 0 aliphatic rings. The summed E-state index contributed by atoms with van der Waals surface area (Å²) in [6.45, 7) is 8.37. The Morgan fingerprint density at radius 3 is 2.71 bits per heavy atom. The summed E-state index contributed by atoms with van der Waals surface area (Å²) in [5.41, 5.74) is 5.42. The number of pyridine rings is 1. The van der Waals surface area contributed by atoms with Crippen LogP contribution in [0.5, 0.6) is 5.75 Å². The first-order valence-electron chi connectivity index (χ1n) is 7.83. The van der Waals surface area contributed by atoms with Gasteiger partial charge in [0.2, 0.25) is 0 Å². The third-order valence-corrected chi connectivity index (χ3v) is 3.47. The molecule has 2 aromatic rings. The van der Waals surface area contributed by atoms with E-state index in [2.05, 4.69) is 42.3 Å². The molecule has 126 valence electrons. The third-order valence-electron chi connectivity index (χ3n) is 3.47. The Balaban J connectivity index is 1.87. The first-order chi connectivity index (χ1) is 11.4. The number of aryl methyl sites for hydroxylation is 1. The van der Waals surface area contributed by atoms with Gasteiger partial charge in [0.15, 0.2) is 6.61 Å². The zero-order valence-corrected chi connectivity index (χ0v) is 14.5. The second-order valence-electron chi connectivity index (χ2n) is 6.57. The number of carbonyl (C=O) groups excluding carboxylic acids is 1. The lowest BCUT2D eigenvalue weighted by atomic mass is 9.86. The zero-order chi connectivity index (χ0) is 17.6. The van der Waals surface area contributed by atoms with Crippen LogP contribution in [0.2, 0.25) is 0 Å². The fourth-order valence-corrected chi connectivity index (χ4v) is 2.08. The minimum absolute atomic E-state index is 0.0842. The van der Waals surface area contributed by atoms with E-state index >= 15 is 0 Å². The van der Waals surface area contributed by atoms with E-state index in [1.165, 1.54) is 11.8 Å². The number of nitrogens with zero attached hydrogens (tertiary/aromatic N) is 2. The number of hydrogen-bond donors (Lipinski definition) is 1. The molecule has 0 aliphatic heterocycles. The van der Waals surface area contributed by atoms with Gasteiger partial charge < -0.3 is 4.74 Å². The number of rotatable bonds is 5. The van der Waals surface area contributed by atoms with Crippen molar-refractivity contribution in [2.24, 2.45) is 5.10 Å². The largest absolute Gasteiger partial charge is 0.483 e. The van der Waals surface area contributed by atoms with Crippen LogP contribution in [0.4, 0.5) is 0 Å². The topological polar surface area (TPSA) is 63.6 Å². The molecule has 0 radical (unpaired) electrons. The molecule has 0 spiro atoms. The smallest absolute Gasteiger partial charge is 0.277 e. The highest BCUT2D eigenvalue weighted by Crippen LogP contribution is 2.27. The van der Waals surface area contributed by atoms with Crippen molar-refractivity contribution in [1.82, 2.24) is 10.4 Å². The van der Waals surface area contributed by atoms with Gasteiger partial charge in [0.05, 0.1) is 11.9 Å². The van der Waals surface area contributed by atoms with Gasteiger partial charge in [-0.15, -0.1) is 0 Å². The lowest BCUT2D eigenvalue weighted by molar-refractivity contribution is -0.123. The molecule has 5 nitrogen and oxygen atoms in total. The van der Waals surface area contributed by atoms with Gasteiger partial charge in [0.25, 0.3) is 5.91 Å². The Hall–Kier alpha value is -2.69. The number of aromatic nitrogens is 1. The Bertz CT molecular complexity index is 719. The van der Waals surface area contributed by atoms with Crippen LogP contribution in [0.25, 0.3) is 0 Å². The highest BCUT2D eigenvalue weighted by Gasteiger charge is 2.15. The van der Waals surface area contributed by atoms with Crippen LogP contribution in [0, 0.1) is 6.92 Å². The van der Waals surface area contributed by atoms with Crippen LogP contribution >= 0.6 is 0 Å². The van der Waals surface area contributed by atoms with Gasteiger partial charge in [0, 0.05) is 6.20 Å². The zero-order valence-electron chi connectivity index (χ0n) is 14.5. The molecule has 1 amide bonds. The lowest BCUT2D eigenvalue weighted by Crippen LogP contribution is -2.24. The molecule has 0 saturated heterocycles. The van der Waals surface area contributed by atoms with Gasteiger partial charge in [-0.2, -0.15) is 5.10 Å². The van der Waals surface area contributed by atoms with E-state index < -0.39 is 0 Å². The highest BCUT2D eigenvalue weighted by molar-refractivity contribution is 5.81. The number of benzene rings is 1. The van der Waals surface area contributed by atoms with Gasteiger partial charge in [-0.3, -0.25) is 9.78 Å². The molecule has 0 atom stereocenters. The van der Waals surface area contributed by atoms with Crippen LogP contribution in [-0.4, -0.2) is 23.7 Å². The SMILES string of the molecule is Cc1cc(C(C)(C)C)ccc1OCC(=O)N/N=C\c1ccccn1. The van der Waals surface area contributed by atoms with E-state index in [4.69, 9.17) is 4.74 Å². The molecule has 0 saturated carbocycles. The summed E-state index contributed by atoms with van der Waals surface area (Å²) in [4.78, 5) is 15.9. The minimum Gasteiger partial charge on any atom is -0.483 e. The molecule has 0 bridgehead atoms. The monoisotopic (exact) mass is 325 g/mol. The van der Waals surface area contributed by atoms with Crippen LogP contribution < -0.4 is 10.2 Å². The first-order valence-corrected chi connectivity index (χ1v) is 7.83. The van der Waals surface area contributed by atoms with Crippen molar-refractivity contribution in [1.29, 1.82) is 0 Å². The van der Waals surface area contributed by atoms with Gasteiger partial charge in [-0.1, -0.05) is 39.0 Å². The summed E-state index contributed by atoms with van der Waals surface area (Å²) in [5, 5.41) is 3.86. The molecule has 2 rings (SSSR count). The highest BCUT2D eigenvalue weighted by atomic mass is 16.5. The summed E-state index contributed by atoms with van der Waals surface area (Å²) in [6, 6.07) is 11.5. The number of hydrazone groups is 1. The predicted molar refractivity (Wildman–Crippen MR) is 95.3 cm³/mol. The third kappa shape index (κ3) is 5.19. The molecule has 1 aromatic carbocycles. The average molecular weight is 325 g/mol. The van der Waals surface area contributed by atoms with Crippen LogP contribution in [0.3, 0.4) is 0 Å². The Morgan fingerprint density at radius 1 is 1.29 bits per heavy atom. The van der Waals surface area contributed by atoms with Crippen LogP contribution in [-0.2, 0) is 10.2 Å². The first kappa shape index (κ1) is 17.7. The van der Waals surface area contributed by atoms with Crippen LogP contribution in [0.15, 0.2) is 47.7 Å². The number of carbonyl (C=O) groups is 1. The fourth-order valence-electron chi connectivity index (χ4n) is 2.08. The molecule has 1 aromatic heterocycles. The Labute approximate surface area is 142 Å². The van der Waals surface area contributed by atoms with E-state index in [0.717, 1.165) is 5.56 Å². The van der Waals surface area contributed by atoms with Crippen molar-refractivity contribution in [2.75, 3.05) is 6.61 Å². The van der Waals surface area contributed by atoms with E-state index in [0.29, 0.717) is 11.4 Å². The predicted octanol–water partition coefficient (Wildman–Crippen LogP) is 3.22. The molecule has 1 N–H and O–H groups in total. The van der Waals surface area contributed by atoms with Gasteiger partial charge in [-0.25, -0.2) is 5.43 Å². The molecular weight excluding hydrogens is 302 g/mol. The van der Waals surface area contributed by atoms with Crippen molar-refractivity contribution in [3.8, 4) is 5.75 Å². The average Bonchev–Trinajstić information content (AvgIpc) is 2.54. The van der Waals surface area contributed by atoms with Crippen molar-refractivity contribution >= 4 is 12.1 Å². The van der Waals surface area contributed by atoms with Crippen LogP contribution in [0.1, 0.15) is 37.6 Å². The van der Waals surface area contributed by atoms with Crippen molar-refractivity contribution in [3.63, 3.8) is 0 Å². The molecule has 5 heteroatoms. The van der Waals surface area contributed by atoms with Crippen molar-refractivity contribution in [3.05, 3.63) is 59.4 Å². The van der Waals surface area contributed by atoms with E-state index in [-0.39, 0.29) is 17.9 Å². The van der Waals surface area contributed by atoms with E-state index in [1.54, 1.807) is 12.3 Å². The Kier molecular flexibility index (Phi) is 5.68. The maximum atomic E-state index is 11.8. The second-order valence-corrected chi connectivity index (χ2v) is 6.57. The maximum absolute atomic E-state index is 11.8. The van der Waals surface area contributed by atoms with Gasteiger partial charge in [-0.05, 0) is 41.7 Å². The molecular formula is C19H23N3O2. The number of amides is 1. The normalized spacial score (nSPS) is 11.5. The minimum atomic E-state index is -0.318. The van der Waals surface area contributed by atoms with Crippen molar-refractivity contribution in [2.45, 2.75) is 33.1 Å². The number of ether oxygens (including phenoxy) is 1. The van der Waals surface area contributed by atoms with Gasteiger partial charge in [0.1, 0.15) is 5.75 Å². The van der Waals surface area contributed by atoms with E-state index in [9.17, 15) is 4.79 Å². The van der Waals surface area contributed by atoms with E-state index in [1.807, 2.05) is 31.2 Å². The lowest BCUT2D eigenvalue weighted by Gasteiger charge is -2.20. The van der Waals surface area contributed by atoms with Crippen molar-refractivity contribution < 1.29 is 9.53 Å². The maximum Gasteiger partial charge on any atom is 0.277 e. The molecule has 1 heterocycles. The second kappa shape index (κ2) is 7.73. The quantitative estimate of drug-likeness (QED) is 0.678. The summed E-state index contributed by atoms with van der Waals surface area (Å²) in [6.07, 6.45) is 3.15. The summed E-state index contributed by atoms with van der Waals surface area (Å²) >= 11 is 0. The number of hydrogen-bond acceptors (Lipinski definition) is 4. The number of nitrogens with one attached hydrogen (secondary N) is 1. The molecule has 0 aliphatic carbocycles. The Morgan fingerprint density at radius 2 is 2.08 bits per heavy atom. The summed E-state index contributed by atoms with van der Waals surface area (Å²) in [5.74, 6) is 0.383. The standard InChI is InChI=1S/C19H23N3O2/c1-14-11-15(19(2,3)4)8-9-17(14)24-13-18(23)22-21-12-16-7-5-6-10-20-16/h5-12H,13H2,1-4H3,(H,22,23)/b21-12-. The summed E-state index contributed by atoms with van der Waals surface area (Å²) < 4.78 is 5.57. The molecule has 0 fully saturated rings. The van der Waals surface area contributed by atoms with Gasteiger partial charge >= 0.3 is 0 Å². The summed E-state index contributed by atoms with van der Waals surface area (Å²) in [7, 11) is 0. The molecule has 24 heavy (non-hydrogen) atoms.